The van der Waals surface area contributed by atoms with E-state index in [1.165, 1.54) is 0 Å². The average molecular weight is 488 g/mol. The van der Waals surface area contributed by atoms with Gasteiger partial charge in [-0.3, -0.25) is 14.3 Å². The lowest BCUT2D eigenvalue weighted by Crippen LogP contribution is -2.51. The van der Waals surface area contributed by atoms with Crippen molar-refractivity contribution in [3.05, 3.63) is 47.2 Å². The number of carbonyl (C=O) groups is 2. The average Bonchev–Trinajstić information content (AvgIpc) is 3.25. The van der Waals surface area contributed by atoms with Crippen molar-refractivity contribution in [2.45, 2.75) is 38.8 Å². The molecule has 0 bridgehead atoms. The van der Waals surface area contributed by atoms with Gasteiger partial charge in [0.05, 0.1) is 0 Å². The zero-order valence-corrected chi connectivity index (χ0v) is 20.8. The fourth-order valence-electron chi connectivity index (χ4n) is 4.68. The topological polar surface area (TPSA) is 70.9 Å². The monoisotopic (exact) mass is 487 g/mol. The van der Waals surface area contributed by atoms with Crippen LogP contribution in [0.25, 0.3) is 0 Å². The molecule has 0 aliphatic carbocycles. The molecule has 2 fully saturated rings. The number of nitrogens with zero attached hydrogens (tertiary/aromatic N) is 5. The molecule has 0 radical (unpaired) electrons. The normalized spacial score (nSPS) is 21.5. The molecule has 0 saturated carbocycles. The van der Waals surface area contributed by atoms with Crippen LogP contribution in [0.2, 0.25) is 5.02 Å². The number of aromatic nitrogens is 2. The minimum atomic E-state index is -0.130. The molecule has 2 aliphatic heterocycles. The maximum atomic E-state index is 13.1. The third kappa shape index (κ3) is 6.30. The number of hydrogen-bond acceptors (Lipinski definition) is 5. The van der Waals surface area contributed by atoms with Crippen LogP contribution in [-0.2, 0) is 16.1 Å². The van der Waals surface area contributed by atoms with Crippen molar-refractivity contribution in [2.75, 3.05) is 46.3 Å². The van der Waals surface area contributed by atoms with Gasteiger partial charge in [-0.25, -0.2) is 0 Å². The first-order chi connectivity index (χ1) is 16.4. The van der Waals surface area contributed by atoms with Crippen LogP contribution in [0, 0.1) is 12.8 Å². The largest absolute Gasteiger partial charge is 0.490 e. The van der Waals surface area contributed by atoms with E-state index in [0.29, 0.717) is 43.9 Å². The lowest BCUT2D eigenvalue weighted by molar-refractivity contribution is -0.140. The smallest absolute Gasteiger partial charge is 0.224 e. The zero-order valence-electron chi connectivity index (χ0n) is 20.0. The van der Waals surface area contributed by atoms with Gasteiger partial charge in [0.25, 0.3) is 0 Å². The number of amides is 2. The molecule has 8 nitrogen and oxygen atoms in total. The highest BCUT2D eigenvalue weighted by Crippen LogP contribution is 2.28. The summed E-state index contributed by atoms with van der Waals surface area (Å²) in [5.41, 5.74) is 1.04. The minimum Gasteiger partial charge on any atom is -0.490 e. The van der Waals surface area contributed by atoms with Crippen molar-refractivity contribution in [2.24, 2.45) is 5.92 Å². The van der Waals surface area contributed by atoms with Gasteiger partial charge in [0.15, 0.2) is 0 Å². The quantitative estimate of drug-likeness (QED) is 0.600. The number of likely N-dealkylation sites (N-methyl/N-ethyl adjacent to an activating group) is 1. The fourth-order valence-corrected chi connectivity index (χ4v) is 4.80. The number of piperazine rings is 1. The molecule has 4 rings (SSSR count). The fraction of sp³-hybridized carbons (Fsp3) is 0.560. The first kappa shape index (κ1) is 24.5. The van der Waals surface area contributed by atoms with Gasteiger partial charge in [0.1, 0.15) is 11.9 Å². The number of halogens is 1. The van der Waals surface area contributed by atoms with Gasteiger partial charge in [-0.1, -0.05) is 11.6 Å². The number of benzene rings is 1. The van der Waals surface area contributed by atoms with Crippen molar-refractivity contribution in [1.82, 2.24) is 24.5 Å². The second kappa shape index (κ2) is 11.2. The Balaban J connectivity index is 1.40. The van der Waals surface area contributed by atoms with E-state index >= 15 is 0 Å². The summed E-state index contributed by atoms with van der Waals surface area (Å²) in [4.78, 5) is 32.2. The molecule has 0 N–H and O–H groups in total. The lowest BCUT2D eigenvalue weighted by atomic mass is 9.90. The van der Waals surface area contributed by atoms with E-state index in [4.69, 9.17) is 16.3 Å². The van der Waals surface area contributed by atoms with Crippen LogP contribution in [0.4, 0.5) is 0 Å². The van der Waals surface area contributed by atoms with Crippen molar-refractivity contribution in [1.29, 1.82) is 0 Å². The Hall–Kier alpha value is -2.58. The zero-order chi connectivity index (χ0) is 24.1. The molecule has 184 valence electrons. The van der Waals surface area contributed by atoms with Crippen LogP contribution in [0.3, 0.4) is 0 Å². The molecule has 2 aliphatic rings. The number of aryl methyl sites for hydroxylation is 2. The van der Waals surface area contributed by atoms with Gasteiger partial charge in [0.2, 0.25) is 11.8 Å². The van der Waals surface area contributed by atoms with E-state index in [1.54, 1.807) is 18.3 Å². The Bertz CT molecular complexity index is 971. The molecule has 0 unspecified atom stereocenters. The molecule has 1 aromatic carbocycles. The number of likely N-dealkylation sites (tertiary alicyclic amines) is 1. The van der Waals surface area contributed by atoms with Crippen molar-refractivity contribution in [3.63, 3.8) is 0 Å². The van der Waals surface area contributed by atoms with Crippen LogP contribution in [-0.4, -0.2) is 88.7 Å². The van der Waals surface area contributed by atoms with Crippen LogP contribution in [0.5, 0.6) is 5.75 Å². The molecule has 1 aromatic heterocycles. The molecular weight excluding hydrogens is 454 g/mol. The second-order valence-corrected chi connectivity index (χ2v) is 9.77. The summed E-state index contributed by atoms with van der Waals surface area (Å²) in [6.45, 7) is 6.95. The highest BCUT2D eigenvalue weighted by Gasteiger charge is 2.35. The number of ether oxygens (including phenoxy) is 1. The maximum absolute atomic E-state index is 13.1. The van der Waals surface area contributed by atoms with E-state index in [9.17, 15) is 9.59 Å². The molecule has 34 heavy (non-hydrogen) atoms. The predicted octanol–water partition coefficient (Wildman–Crippen LogP) is 2.70. The van der Waals surface area contributed by atoms with Gasteiger partial charge in [-0.05, 0) is 44.3 Å². The van der Waals surface area contributed by atoms with Crippen molar-refractivity contribution in [3.8, 4) is 5.75 Å². The molecule has 9 heteroatoms. The van der Waals surface area contributed by atoms with Crippen LogP contribution >= 0.6 is 11.6 Å². The van der Waals surface area contributed by atoms with Gasteiger partial charge in [0, 0.05) is 87.9 Å². The van der Waals surface area contributed by atoms with Gasteiger partial charge < -0.3 is 19.4 Å². The molecule has 0 spiro atoms. The summed E-state index contributed by atoms with van der Waals surface area (Å²) in [5, 5.41) is 4.93. The molecular formula is C25H34ClN5O3. The number of hydrogen-bond donors (Lipinski definition) is 0. The van der Waals surface area contributed by atoms with E-state index in [1.807, 2.05) is 39.6 Å². The molecule has 2 amide bonds. The third-order valence-corrected chi connectivity index (χ3v) is 7.13. The standard InChI is InChI=1S/C25H34ClN5O3/c1-19-7-10-27-31(19)12-9-24(32)30-11-8-23(34-22-5-3-21(26)4-6-22)20(18-30)17-25(33)29-15-13-28(2)14-16-29/h3-7,10,20,23H,8-9,11-18H2,1-2H3/t20-,23-/m0/s1. The first-order valence-electron chi connectivity index (χ1n) is 12.0. The first-order valence-corrected chi connectivity index (χ1v) is 12.4. The number of carbonyl (C=O) groups excluding carboxylic acids is 2. The Labute approximate surface area is 206 Å². The summed E-state index contributed by atoms with van der Waals surface area (Å²) in [5.74, 6) is 0.911. The van der Waals surface area contributed by atoms with E-state index in [0.717, 1.165) is 37.6 Å². The third-order valence-electron chi connectivity index (χ3n) is 6.88. The maximum Gasteiger partial charge on any atom is 0.224 e. The van der Waals surface area contributed by atoms with Gasteiger partial charge >= 0.3 is 0 Å². The van der Waals surface area contributed by atoms with Crippen LogP contribution in [0.15, 0.2) is 36.5 Å². The molecule has 2 aromatic rings. The summed E-state index contributed by atoms with van der Waals surface area (Å²) in [6.07, 6.45) is 3.08. The Morgan fingerprint density at radius 3 is 2.44 bits per heavy atom. The molecule has 2 saturated heterocycles. The number of rotatable bonds is 7. The minimum absolute atomic E-state index is 0.0630. The molecule has 2 atom stereocenters. The highest BCUT2D eigenvalue weighted by molar-refractivity contribution is 6.30. The van der Waals surface area contributed by atoms with Crippen molar-refractivity contribution < 1.29 is 14.3 Å². The van der Waals surface area contributed by atoms with E-state index in [2.05, 4.69) is 17.0 Å². The number of piperidine rings is 1. The van der Waals surface area contributed by atoms with Gasteiger partial charge in [-0.15, -0.1) is 0 Å². The van der Waals surface area contributed by atoms with E-state index in [-0.39, 0.29) is 23.8 Å². The highest BCUT2D eigenvalue weighted by atomic mass is 35.5. The Morgan fingerprint density at radius 2 is 1.76 bits per heavy atom. The van der Waals surface area contributed by atoms with Crippen LogP contribution < -0.4 is 4.74 Å². The van der Waals surface area contributed by atoms with E-state index < -0.39 is 0 Å². The summed E-state index contributed by atoms with van der Waals surface area (Å²) < 4.78 is 8.15. The second-order valence-electron chi connectivity index (χ2n) is 9.33. The van der Waals surface area contributed by atoms with Gasteiger partial charge in [-0.2, -0.15) is 5.10 Å². The summed E-state index contributed by atoms with van der Waals surface area (Å²) in [7, 11) is 2.08. The SMILES string of the molecule is Cc1ccnn1CCC(=O)N1CC[C@H](Oc2ccc(Cl)cc2)[C@@H](CC(=O)N2CCN(C)CC2)C1. The predicted molar refractivity (Wildman–Crippen MR) is 131 cm³/mol. The van der Waals surface area contributed by atoms with Crippen molar-refractivity contribution >= 4 is 23.4 Å². The molecule has 3 heterocycles. The Morgan fingerprint density at radius 1 is 1.03 bits per heavy atom. The van der Waals surface area contributed by atoms with Crippen LogP contribution in [0.1, 0.15) is 25.0 Å². The Kier molecular flexibility index (Phi) is 8.11. The lowest BCUT2D eigenvalue weighted by Gasteiger charge is -2.40. The summed E-state index contributed by atoms with van der Waals surface area (Å²) >= 11 is 6.02. The summed E-state index contributed by atoms with van der Waals surface area (Å²) in [6, 6.07) is 9.25.